The number of nitrogens with zero attached hydrogens (tertiary/aromatic N) is 3. The summed E-state index contributed by atoms with van der Waals surface area (Å²) in [6.45, 7) is 7.45. The maximum atomic E-state index is 4.28. The van der Waals surface area contributed by atoms with Crippen molar-refractivity contribution in [2.24, 2.45) is 0 Å². The van der Waals surface area contributed by atoms with Crippen molar-refractivity contribution in [3.8, 4) is 0 Å². The van der Waals surface area contributed by atoms with Gasteiger partial charge in [0.05, 0.1) is 0 Å². The van der Waals surface area contributed by atoms with Crippen LogP contribution in [-0.4, -0.2) is 33.6 Å². The first-order chi connectivity index (χ1) is 8.70. The molecule has 0 aliphatic carbocycles. The molecule has 0 spiro atoms. The van der Waals surface area contributed by atoms with Crippen LogP contribution in [0.1, 0.15) is 40.0 Å². The molecular weight excluding hydrogens is 226 g/mol. The summed E-state index contributed by atoms with van der Waals surface area (Å²) < 4.78 is 0. The molecule has 1 aromatic heterocycles. The minimum Gasteiger partial charge on any atom is -0.370 e. The summed E-state index contributed by atoms with van der Waals surface area (Å²) in [4.78, 5) is 8.46. The average molecular weight is 249 g/mol. The van der Waals surface area contributed by atoms with Gasteiger partial charge in [-0.1, -0.05) is 6.42 Å². The second kappa shape index (κ2) is 6.00. The number of hydrazine groups is 1. The van der Waals surface area contributed by atoms with Gasteiger partial charge in [-0.05, 0) is 33.6 Å². The monoisotopic (exact) mass is 249 g/mol. The van der Waals surface area contributed by atoms with Crippen LogP contribution in [0.15, 0.2) is 12.4 Å². The van der Waals surface area contributed by atoms with Crippen LogP contribution in [0.4, 0.5) is 11.6 Å². The van der Waals surface area contributed by atoms with Gasteiger partial charge in [-0.15, -0.1) is 0 Å². The number of hydrogen-bond donors (Lipinski definition) is 2. The van der Waals surface area contributed by atoms with Gasteiger partial charge in [-0.3, -0.25) is 0 Å². The number of anilines is 2. The summed E-state index contributed by atoms with van der Waals surface area (Å²) in [5.74, 6) is 1.73. The molecule has 18 heavy (non-hydrogen) atoms. The summed E-state index contributed by atoms with van der Waals surface area (Å²) in [6, 6.07) is 3.05. The van der Waals surface area contributed by atoms with E-state index in [-0.39, 0.29) is 0 Å². The smallest absolute Gasteiger partial charge is 0.145 e. The van der Waals surface area contributed by atoms with Crippen LogP contribution in [-0.2, 0) is 0 Å². The SMILES string of the molecule is CCNc1cc(NN2C(C)CCCC2C)ncn1. The normalized spacial score (nSPS) is 24.8. The molecule has 0 bridgehead atoms. The number of nitrogens with one attached hydrogen (secondary N) is 2. The lowest BCUT2D eigenvalue weighted by molar-refractivity contribution is 0.135. The molecular formula is C13H23N5. The van der Waals surface area contributed by atoms with E-state index < -0.39 is 0 Å². The maximum absolute atomic E-state index is 4.28. The highest BCUT2D eigenvalue weighted by atomic mass is 15.5. The number of rotatable bonds is 4. The molecule has 0 saturated carbocycles. The van der Waals surface area contributed by atoms with Gasteiger partial charge in [0, 0.05) is 24.7 Å². The van der Waals surface area contributed by atoms with Gasteiger partial charge in [0.2, 0.25) is 0 Å². The van der Waals surface area contributed by atoms with E-state index in [1.54, 1.807) is 6.33 Å². The van der Waals surface area contributed by atoms with Crippen molar-refractivity contribution in [3.05, 3.63) is 12.4 Å². The van der Waals surface area contributed by atoms with E-state index in [4.69, 9.17) is 0 Å². The summed E-state index contributed by atoms with van der Waals surface area (Å²) in [7, 11) is 0. The Morgan fingerprint density at radius 2 is 1.89 bits per heavy atom. The van der Waals surface area contributed by atoms with E-state index in [1.807, 2.05) is 6.07 Å². The topological polar surface area (TPSA) is 53.1 Å². The minimum atomic E-state index is 0.547. The van der Waals surface area contributed by atoms with Crippen molar-refractivity contribution >= 4 is 11.6 Å². The molecule has 2 unspecified atom stereocenters. The molecule has 1 saturated heterocycles. The zero-order valence-corrected chi connectivity index (χ0v) is 11.5. The third-order valence-electron chi connectivity index (χ3n) is 3.46. The molecule has 2 rings (SSSR count). The third-order valence-corrected chi connectivity index (χ3v) is 3.46. The Balaban J connectivity index is 2.05. The van der Waals surface area contributed by atoms with Gasteiger partial charge in [0.1, 0.15) is 18.0 Å². The van der Waals surface area contributed by atoms with Crippen molar-refractivity contribution < 1.29 is 0 Å². The predicted octanol–water partition coefficient (Wildman–Crippen LogP) is 2.50. The largest absolute Gasteiger partial charge is 0.370 e. The molecule has 100 valence electrons. The molecule has 1 fully saturated rings. The summed E-state index contributed by atoms with van der Waals surface area (Å²) >= 11 is 0. The van der Waals surface area contributed by atoms with E-state index in [2.05, 4.69) is 46.5 Å². The first kappa shape index (κ1) is 13.1. The average Bonchev–Trinajstić information content (AvgIpc) is 2.35. The molecule has 0 amide bonds. The standard InChI is InChI=1S/C13H23N5/c1-4-14-12-8-13(16-9-15-12)17-18-10(2)6-5-7-11(18)3/h8-11H,4-7H2,1-3H3,(H2,14,15,16,17). The van der Waals surface area contributed by atoms with Crippen LogP contribution in [0.25, 0.3) is 0 Å². The van der Waals surface area contributed by atoms with Crippen LogP contribution in [0, 0.1) is 0 Å². The molecule has 2 atom stereocenters. The fourth-order valence-electron chi connectivity index (χ4n) is 2.47. The highest BCUT2D eigenvalue weighted by molar-refractivity contribution is 5.45. The van der Waals surface area contributed by atoms with Crippen molar-refractivity contribution in [1.29, 1.82) is 0 Å². The Hall–Kier alpha value is -1.36. The van der Waals surface area contributed by atoms with Gasteiger partial charge >= 0.3 is 0 Å². The summed E-state index contributed by atoms with van der Waals surface area (Å²) in [6.07, 6.45) is 5.39. The Morgan fingerprint density at radius 1 is 1.22 bits per heavy atom. The lowest BCUT2D eigenvalue weighted by Crippen LogP contribution is -2.47. The van der Waals surface area contributed by atoms with Crippen LogP contribution in [0.2, 0.25) is 0 Å². The van der Waals surface area contributed by atoms with Crippen LogP contribution in [0.3, 0.4) is 0 Å². The Kier molecular flexibility index (Phi) is 4.36. The van der Waals surface area contributed by atoms with Gasteiger partial charge in [-0.25, -0.2) is 15.0 Å². The molecule has 5 heteroatoms. The van der Waals surface area contributed by atoms with E-state index >= 15 is 0 Å². The van der Waals surface area contributed by atoms with Crippen molar-refractivity contribution in [2.75, 3.05) is 17.3 Å². The van der Waals surface area contributed by atoms with E-state index in [1.165, 1.54) is 19.3 Å². The van der Waals surface area contributed by atoms with E-state index in [9.17, 15) is 0 Å². The van der Waals surface area contributed by atoms with E-state index in [0.717, 1.165) is 18.2 Å². The molecule has 0 radical (unpaired) electrons. The highest BCUT2D eigenvalue weighted by Gasteiger charge is 2.24. The van der Waals surface area contributed by atoms with Crippen molar-refractivity contribution in [1.82, 2.24) is 15.0 Å². The Bertz CT molecular complexity index is 371. The van der Waals surface area contributed by atoms with Gasteiger partial charge in [0.25, 0.3) is 0 Å². The first-order valence-corrected chi connectivity index (χ1v) is 6.81. The van der Waals surface area contributed by atoms with Crippen LogP contribution >= 0.6 is 0 Å². The predicted molar refractivity (Wildman–Crippen MR) is 74.4 cm³/mol. The molecule has 5 nitrogen and oxygen atoms in total. The fourth-order valence-corrected chi connectivity index (χ4v) is 2.47. The molecule has 1 aromatic rings. The lowest BCUT2D eigenvalue weighted by atomic mass is 10.00. The molecule has 2 heterocycles. The van der Waals surface area contributed by atoms with Crippen molar-refractivity contribution in [3.63, 3.8) is 0 Å². The first-order valence-electron chi connectivity index (χ1n) is 6.81. The zero-order chi connectivity index (χ0) is 13.0. The quantitative estimate of drug-likeness (QED) is 0.858. The molecule has 0 aromatic carbocycles. The molecule has 2 N–H and O–H groups in total. The molecule has 1 aliphatic rings. The van der Waals surface area contributed by atoms with Crippen LogP contribution in [0.5, 0.6) is 0 Å². The van der Waals surface area contributed by atoms with Gasteiger partial charge in [-0.2, -0.15) is 0 Å². The maximum Gasteiger partial charge on any atom is 0.145 e. The Labute approximate surface area is 109 Å². The lowest BCUT2D eigenvalue weighted by Gasteiger charge is -2.39. The summed E-state index contributed by atoms with van der Waals surface area (Å²) in [5, 5.41) is 5.51. The fraction of sp³-hybridized carbons (Fsp3) is 0.692. The Morgan fingerprint density at radius 3 is 2.56 bits per heavy atom. The van der Waals surface area contributed by atoms with Gasteiger partial charge < -0.3 is 10.7 Å². The van der Waals surface area contributed by atoms with Crippen LogP contribution < -0.4 is 10.7 Å². The van der Waals surface area contributed by atoms with Gasteiger partial charge in [0.15, 0.2) is 0 Å². The summed E-state index contributed by atoms with van der Waals surface area (Å²) in [5.41, 5.74) is 3.42. The number of piperidine rings is 1. The second-order valence-electron chi connectivity index (χ2n) is 4.97. The van der Waals surface area contributed by atoms with Crippen molar-refractivity contribution in [2.45, 2.75) is 52.1 Å². The zero-order valence-electron chi connectivity index (χ0n) is 11.5. The second-order valence-corrected chi connectivity index (χ2v) is 4.97. The highest BCUT2D eigenvalue weighted by Crippen LogP contribution is 2.23. The van der Waals surface area contributed by atoms with E-state index in [0.29, 0.717) is 12.1 Å². The molecule has 1 aliphatic heterocycles. The third kappa shape index (κ3) is 3.10. The number of hydrogen-bond acceptors (Lipinski definition) is 5. The number of aromatic nitrogens is 2. The minimum absolute atomic E-state index is 0.547.